The Bertz CT molecular complexity index is 515. The lowest BCUT2D eigenvalue weighted by atomic mass is 9.79. The molecule has 84 valence electrons. The van der Waals surface area contributed by atoms with Crippen LogP contribution in [-0.2, 0) is 0 Å². The Labute approximate surface area is 99.4 Å². The van der Waals surface area contributed by atoms with E-state index in [-0.39, 0.29) is 0 Å². The normalized spacial score (nSPS) is 10.7. The van der Waals surface area contributed by atoms with E-state index in [9.17, 15) is 0 Å². The number of rotatable bonds is 3. The molecule has 5 heteroatoms. The maximum atomic E-state index is 9.16. The molecule has 0 atom stereocenters. The monoisotopic (exact) mass is 226 g/mol. The van der Waals surface area contributed by atoms with Crippen molar-refractivity contribution in [2.75, 3.05) is 0 Å². The van der Waals surface area contributed by atoms with Crippen LogP contribution in [0.25, 0.3) is 0 Å². The highest BCUT2D eigenvalue weighted by Gasteiger charge is 2.14. The summed E-state index contributed by atoms with van der Waals surface area (Å²) >= 11 is 0. The molecule has 0 aliphatic rings. The van der Waals surface area contributed by atoms with Gasteiger partial charge in [-0.25, -0.2) is 0 Å². The minimum absolute atomic E-state index is 0.340. The Morgan fingerprint density at radius 2 is 1.41 bits per heavy atom. The molecule has 2 aromatic carbocycles. The fourth-order valence-electron chi connectivity index (χ4n) is 1.40. The highest BCUT2D eigenvalue weighted by Crippen LogP contribution is 2.15. The topological polar surface area (TPSA) is 65.2 Å². The summed E-state index contributed by atoms with van der Waals surface area (Å²) in [5.41, 5.74) is 1.51. The van der Waals surface area contributed by atoms with Gasteiger partial charge in [-0.2, -0.15) is 10.2 Å². The number of hydrogen-bond donors (Lipinski definition) is 2. The molecule has 0 aliphatic heterocycles. The van der Waals surface area contributed by atoms with Crippen LogP contribution in [0.15, 0.2) is 64.8 Å². The van der Waals surface area contributed by atoms with Gasteiger partial charge in [-0.05, 0) is 18.2 Å². The highest BCUT2D eigenvalue weighted by molar-refractivity contribution is 6.60. The van der Waals surface area contributed by atoms with Crippen LogP contribution in [0.3, 0.4) is 0 Å². The molecule has 0 radical (unpaired) electrons. The molecule has 0 fully saturated rings. The molecule has 0 aromatic heterocycles. The van der Waals surface area contributed by atoms with E-state index in [2.05, 4.69) is 10.2 Å². The summed E-state index contributed by atoms with van der Waals surface area (Å²) < 4.78 is 0. The Balaban J connectivity index is 2.27. The lowest BCUT2D eigenvalue weighted by molar-refractivity contribution is 0.426. The Hall–Kier alpha value is -1.98. The second kappa shape index (κ2) is 5.38. The molecule has 17 heavy (non-hydrogen) atoms. The first-order valence-electron chi connectivity index (χ1n) is 5.19. The Kier molecular flexibility index (Phi) is 3.64. The van der Waals surface area contributed by atoms with Crippen LogP contribution in [0, 0.1) is 0 Å². The minimum atomic E-state index is -1.54. The van der Waals surface area contributed by atoms with Crippen molar-refractivity contribution in [1.29, 1.82) is 0 Å². The third kappa shape index (κ3) is 2.99. The van der Waals surface area contributed by atoms with Crippen molar-refractivity contribution in [2.45, 2.75) is 0 Å². The van der Waals surface area contributed by atoms with Gasteiger partial charge in [0.2, 0.25) is 0 Å². The van der Waals surface area contributed by atoms with E-state index in [1.54, 1.807) is 24.3 Å². The van der Waals surface area contributed by atoms with E-state index >= 15 is 0 Å². The standard InChI is InChI=1S/C12H11BN2O2/c16-13(17)11-8-4-5-9-12(11)15-14-10-6-2-1-3-7-10/h1-9,16-17H. The minimum Gasteiger partial charge on any atom is -0.423 e. The molecule has 2 rings (SSSR count). The van der Waals surface area contributed by atoms with Gasteiger partial charge in [-0.15, -0.1) is 0 Å². The first-order valence-corrected chi connectivity index (χ1v) is 5.19. The van der Waals surface area contributed by atoms with Crippen LogP contribution >= 0.6 is 0 Å². The van der Waals surface area contributed by atoms with Gasteiger partial charge in [0.25, 0.3) is 0 Å². The van der Waals surface area contributed by atoms with E-state index in [1.165, 1.54) is 0 Å². The lowest BCUT2D eigenvalue weighted by Crippen LogP contribution is -2.29. The molecule has 2 N–H and O–H groups in total. The average Bonchev–Trinajstić information content (AvgIpc) is 2.38. The first kappa shape index (κ1) is 11.5. The highest BCUT2D eigenvalue weighted by atomic mass is 16.4. The van der Waals surface area contributed by atoms with Gasteiger partial charge in [0.15, 0.2) is 0 Å². The van der Waals surface area contributed by atoms with Gasteiger partial charge < -0.3 is 10.0 Å². The van der Waals surface area contributed by atoms with E-state index in [4.69, 9.17) is 10.0 Å². The van der Waals surface area contributed by atoms with Gasteiger partial charge >= 0.3 is 7.12 Å². The zero-order valence-corrected chi connectivity index (χ0v) is 9.06. The SMILES string of the molecule is OB(O)c1ccccc1N=Nc1ccccc1. The van der Waals surface area contributed by atoms with Crippen molar-refractivity contribution in [2.24, 2.45) is 10.2 Å². The van der Waals surface area contributed by atoms with E-state index in [0.29, 0.717) is 11.2 Å². The molecule has 0 saturated heterocycles. The largest absolute Gasteiger partial charge is 0.490 e. The van der Waals surface area contributed by atoms with Gasteiger partial charge in [0.1, 0.15) is 0 Å². The van der Waals surface area contributed by atoms with Crippen LogP contribution in [0.5, 0.6) is 0 Å². The van der Waals surface area contributed by atoms with E-state index < -0.39 is 7.12 Å². The molecule has 4 nitrogen and oxygen atoms in total. The molecule has 0 amide bonds. The summed E-state index contributed by atoms with van der Waals surface area (Å²) in [7, 11) is -1.54. The average molecular weight is 226 g/mol. The van der Waals surface area contributed by atoms with Crippen LogP contribution < -0.4 is 5.46 Å². The van der Waals surface area contributed by atoms with Gasteiger partial charge in [-0.3, -0.25) is 0 Å². The van der Waals surface area contributed by atoms with Crippen molar-refractivity contribution in [3.05, 3.63) is 54.6 Å². The maximum Gasteiger partial charge on any atom is 0.490 e. The van der Waals surface area contributed by atoms with Crippen molar-refractivity contribution in [3.8, 4) is 0 Å². The van der Waals surface area contributed by atoms with E-state index in [1.807, 2.05) is 30.3 Å². The molecular weight excluding hydrogens is 215 g/mol. The molecule has 0 unspecified atom stereocenters. The third-order valence-corrected chi connectivity index (χ3v) is 2.24. The molecular formula is C12H11BN2O2. The number of hydrogen-bond acceptors (Lipinski definition) is 4. The summed E-state index contributed by atoms with van der Waals surface area (Å²) in [6, 6.07) is 16.0. The van der Waals surface area contributed by atoms with Gasteiger partial charge in [-0.1, -0.05) is 36.4 Å². The van der Waals surface area contributed by atoms with Gasteiger partial charge in [0, 0.05) is 5.46 Å². The predicted molar refractivity (Wildman–Crippen MR) is 66.9 cm³/mol. The third-order valence-electron chi connectivity index (χ3n) is 2.24. The molecule has 0 spiro atoms. The van der Waals surface area contributed by atoms with Crippen molar-refractivity contribution >= 4 is 24.0 Å². The number of azo groups is 1. The van der Waals surface area contributed by atoms with Crippen LogP contribution in [0.1, 0.15) is 0 Å². The van der Waals surface area contributed by atoms with E-state index in [0.717, 1.165) is 5.69 Å². The molecule has 2 aromatic rings. The zero-order valence-electron chi connectivity index (χ0n) is 9.06. The van der Waals surface area contributed by atoms with Crippen LogP contribution in [-0.4, -0.2) is 17.2 Å². The summed E-state index contributed by atoms with van der Waals surface area (Å²) in [6.45, 7) is 0. The summed E-state index contributed by atoms with van der Waals surface area (Å²) in [4.78, 5) is 0. The van der Waals surface area contributed by atoms with Crippen molar-refractivity contribution < 1.29 is 10.0 Å². The molecule has 0 bridgehead atoms. The summed E-state index contributed by atoms with van der Waals surface area (Å²) in [6.07, 6.45) is 0. The first-order chi connectivity index (χ1) is 8.27. The maximum absolute atomic E-state index is 9.16. The predicted octanol–water partition coefficient (Wildman–Crippen LogP) is 1.78. The zero-order chi connectivity index (χ0) is 12.1. The summed E-state index contributed by atoms with van der Waals surface area (Å²) in [5, 5.41) is 26.3. The fourth-order valence-corrected chi connectivity index (χ4v) is 1.40. The quantitative estimate of drug-likeness (QED) is 0.618. The lowest BCUT2D eigenvalue weighted by Gasteiger charge is -2.02. The second-order valence-electron chi connectivity index (χ2n) is 3.47. The Morgan fingerprint density at radius 1 is 0.765 bits per heavy atom. The van der Waals surface area contributed by atoms with Crippen molar-refractivity contribution in [1.82, 2.24) is 0 Å². The summed E-state index contributed by atoms with van der Waals surface area (Å²) in [5.74, 6) is 0. The smallest absolute Gasteiger partial charge is 0.423 e. The molecule has 0 saturated carbocycles. The van der Waals surface area contributed by atoms with Gasteiger partial charge in [0.05, 0.1) is 11.4 Å². The van der Waals surface area contributed by atoms with Crippen LogP contribution in [0.2, 0.25) is 0 Å². The number of benzene rings is 2. The number of nitrogens with zero attached hydrogens (tertiary/aromatic N) is 2. The molecule has 0 aliphatic carbocycles. The Morgan fingerprint density at radius 3 is 2.12 bits per heavy atom. The fraction of sp³-hybridized carbons (Fsp3) is 0. The van der Waals surface area contributed by atoms with Crippen molar-refractivity contribution in [3.63, 3.8) is 0 Å². The van der Waals surface area contributed by atoms with Crippen LogP contribution in [0.4, 0.5) is 11.4 Å². The molecule has 0 heterocycles. The second-order valence-corrected chi connectivity index (χ2v) is 3.47.